The molecule has 0 aliphatic rings. The predicted octanol–water partition coefficient (Wildman–Crippen LogP) is 4.63. The van der Waals surface area contributed by atoms with Gasteiger partial charge in [0.25, 0.3) is 0 Å². The summed E-state index contributed by atoms with van der Waals surface area (Å²) >= 11 is 6.90. The van der Waals surface area contributed by atoms with Gasteiger partial charge in [-0.1, -0.05) is 36.4 Å². The number of para-hydroxylation sites is 1. The van der Waals surface area contributed by atoms with Crippen LogP contribution in [0.15, 0.2) is 65.6 Å². The van der Waals surface area contributed by atoms with Gasteiger partial charge in [-0.2, -0.15) is 0 Å². The Balaban J connectivity index is 1.95. The van der Waals surface area contributed by atoms with Gasteiger partial charge < -0.3 is 0 Å². The van der Waals surface area contributed by atoms with Crippen molar-refractivity contribution in [2.45, 2.75) is 4.90 Å². The highest BCUT2D eigenvalue weighted by Gasteiger charge is 2.16. The van der Waals surface area contributed by atoms with Crippen LogP contribution in [-0.2, 0) is 11.8 Å². The Morgan fingerprint density at radius 3 is 2.06 bits per heavy atom. The molecule has 16 heavy (non-hydrogen) atoms. The maximum absolute atomic E-state index is 5.66. The fourth-order valence-electron chi connectivity index (χ4n) is 1.15. The number of benzene rings is 2. The highest BCUT2D eigenvalue weighted by Crippen LogP contribution is 2.44. The molecule has 0 N–H and O–H groups in total. The van der Waals surface area contributed by atoms with Crippen LogP contribution in [0.1, 0.15) is 0 Å². The third-order valence-electron chi connectivity index (χ3n) is 1.85. The summed E-state index contributed by atoms with van der Waals surface area (Å²) < 4.78 is 5.66. The monoisotopic (exact) mass is 265 g/mol. The molecule has 0 aliphatic heterocycles. The summed E-state index contributed by atoms with van der Waals surface area (Å²) in [6.45, 7) is 0. The average molecular weight is 265 g/mol. The van der Waals surface area contributed by atoms with Gasteiger partial charge in [-0.25, -0.2) is 0 Å². The summed E-state index contributed by atoms with van der Waals surface area (Å²) in [7, 11) is 0. The summed E-state index contributed by atoms with van der Waals surface area (Å²) in [5.41, 5.74) is 0. The second-order valence-corrected chi connectivity index (χ2v) is 7.55. The van der Waals surface area contributed by atoms with Crippen LogP contribution >= 0.6 is 17.5 Å². The van der Waals surface area contributed by atoms with E-state index < -0.39 is 6.13 Å². The largest absolute Gasteiger partial charge is 0.468 e. The van der Waals surface area contributed by atoms with Crippen LogP contribution in [0, 0.1) is 0 Å². The molecule has 2 aromatic carbocycles. The van der Waals surface area contributed by atoms with Gasteiger partial charge in [0.15, 0.2) is 17.1 Å². The van der Waals surface area contributed by atoms with Gasteiger partial charge in [-0.3, -0.25) is 4.52 Å². The summed E-state index contributed by atoms with van der Waals surface area (Å²) in [5.74, 6) is 0.840. The maximum Gasteiger partial charge on any atom is 0.468 e. The van der Waals surface area contributed by atoms with E-state index in [0.717, 1.165) is 10.6 Å². The highest BCUT2D eigenvalue weighted by molar-refractivity contribution is 8.62. The molecular formula is C12H10OPS2+. The SMILES string of the molecule is S=[P+](Oc1ccccc1)Sc1ccccc1. The second-order valence-electron chi connectivity index (χ2n) is 3.03. The lowest BCUT2D eigenvalue weighted by atomic mass is 10.3. The lowest BCUT2D eigenvalue weighted by Gasteiger charge is -1.94. The van der Waals surface area contributed by atoms with E-state index in [2.05, 4.69) is 0 Å². The lowest BCUT2D eigenvalue weighted by molar-refractivity contribution is 0.641. The first-order chi connectivity index (χ1) is 7.84. The van der Waals surface area contributed by atoms with Crippen LogP contribution in [0.2, 0.25) is 0 Å². The summed E-state index contributed by atoms with van der Waals surface area (Å²) in [5, 5.41) is 0. The standard InChI is InChI=1S/C12H10OPS2/c15-14(13-11-7-3-1-4-8-11)16-12-9-5-2-6-10-12/h1-10H/q+1. The van der Waals surface area contributed by atoms with Crippen molar-refractivity contribution in [1.82, 2.24) is 0 Å². The van der Waals surface area contributed by atoms with Crippen molar-refractivity contribution in [1.29, 1.82) is 0 Å². The van der Waals surface area contributed by atoms with Gasteiger partial charge in [0.2, 0.25) is 11.8 Å². The van der Waals surface area contributed by atoms with E-state index in [1.54, 1.807) is 11.4 Å². The first-order valence-electron chi connectivity index (χ1n) is 4.78. The van der Waals surface area contributed by atoms with E-state index in [0.29, 0.717) is 0 Å². The zero-order valence-electron chi connectivity index (χ0n) is 8.45. The first-order valence-corrected chi connectivity index (χ1v) is 8.47. The predicted molar refractivity (Wildman–Crippen MR) is 73.7 cm³/mol. The third kappa shape index (κ3) is 3.60. The number of hydrogen-bond acceptors (Lipinski definition) is 3. The Hall–Kier alpha value is -0.890. The molecule has 0 saturated carbocycles. The third-order valence-corrected chi connectivity index (χ3v) is 5.04. The molecule has 0 heterocycles. The van der Waals surface area contributed by atoms with Crippen LogP contribution in [0.4, 0.5) is 0 Å². The minimum atomic E-state index is -0.933. The molecule has 80 valence electrons. The van der Waals surface area contributed by atoms with Crippen molar-refractivity contribution in [2.75, 3.05) is 0 Å². The van der Waals surface area contributed by atoms with Gasteiger partial charge in [-0.15, -0.1) is 0 Å². The molecule has 1 nitrogen and oxygen atoms in total. The lowest BCUT2D eigenvalue weighted by Crippen LogP contribution is -1.77. The van der Waals surface area contributed by atoms with Crippen LogP contribution in [0.3, 0.4) is 0 Å². The van der Waals surface area contributed by atoms with Crippen molar-refractivity contribution in [3.8, 4) is 5.75 Å². The van der Waals surface area contributed by atoms with E-state index in [9.17, 15) is 0 Å². The topological polar surface area (TPSA) is 9.23 Å². The summed E-state index contributed by atoms with van der Waals surface area (Å²) in [6, 6.07) is 19.8. The Labute approximate surface area is 105 Å². The fraction of sp³-hybridized carbons (Fsp3) is 0. The van der Waals surface area contributed by atoms with Crippen LogP contribution in [-0.4, -0.2) is 0 Å². The van der Waals surface area contributed by atoms with Gasteiger partial charge in [0.05, 0.1) is 4.90 Å². The highest BCUT2D eigenvalue weighted by atomic mass is 32.9. The molecule has 0 radical (unpaired) electrons. The van der Waals surface area contributed by atoms with E-state index in [1.165, 1.54) is 0 Å². The van der Waals surface area contributed by atoms with Crippen molar-refractivity contribution in [2.24, 2.45) is 0 Å². The van der Waals surface area contributed by atoms with Crippen LogP contribution in [0.25, 0.3) is 0 Å². The molecule has 4 heteroatoms. The molecule has 0 aromatic heterocycles. The Morgan fingerprint density at radius 2 is 1.44 bits per heavy atom. The molecule has 0 bridgehead atoms. The van der Waals surface area contributed by atoms with E-state index >= 15 is 0 Å². The van der Waals surface area contributed by atoms with E-state index in [1.807, 2.05) is 60.7 Å². The average Bonchev–Trinajstić information content (AvgIpc) is 2.31. The van der Waals surface area contributed by atoms with Gasteiger partial charge in [0.1, 0.15) is 0 Å². The zero-order chi connectivity index (χ0) is 11.2. The molecule has 1 unspecified atom stereocenters. The Morgan fingerprint density at radius 1 is 0.875 bits per heavy atom. The summed E-state index contributed by atoms with van der Waals surface area (Å²) in [6.07, 6.45) is -0.933. The minimum Gasteiger partial charge on any atom is -0.265 e. The Bertz CT molecular complexity index is 415. The molecule has 0 amide bonds. The van der Waals surface area contributed by atoms with Crippen molar-refractivity contribution in [3.63, 3.8) is 0 Å². The number of hydrogen-bond donors (Lipinski definition) is 0. The second kappa shape index (κ2) is 6.00. The van der Waals surface area contributed by atoms with Crippen molar-refractivity contribution in [3.05, 3.63) is 60.7 Å². The quantitative estimate of drug-likeness (QED) is 0.746. The minimum absolute atomic E-state index is 0.840. The molecular weight excluding hydrogens is 255 g/mol. The van der Waals surface area contributed by atoms with Crippen LogP contribution in [0.5, 0.6) is 5.75 Å². The van der Waals surface area contributed by atoms with E-state index in [4.69, 9.17) is 16.3 Å². The summed E-state index contributed by atoms with van der Waals surface area (Å²) in [4.78, 5) is 1.15. The van der Waals surface area contributed by atoms with Crippen molar-refractivity contribution < 1.29 is 4.52 Å². The fourth-order valence-corrected chi connectivity index (χ4v) is 4.22. The van der Waals surface area contributed by atoms with Gasteiger partial charge in [0, 0.05) is 0 Å². The molecule has 1 atom stereocenters. The maximum atomic E-state index is 5.66. The Kier molecular flexibility index (Phi) is 4.34. The van der Waals surface area contributed by atoms with Crippen molar-refractivity contribution >= 4 is 29.3 Å². The number of rotatable bonds is 4. The zero-order valence-corrected chi connectivity index (χ0v) is 11.0. The molecule has 0 spiro atoms. The molecule has 2 aromatic rings. The van der Waals surface area contributed by atoms with Gasteiger partial charge >= 0.3 is 6.13 Å². The molecule has 0 aliphatic carbocycles. The smallest absolute Gasteiger partial charge is 0.265 e. The van der Waals surface area contributed by atoms with Gasteiger partial charge in [-0.05, 0) is 24.3 Å². The van der Waals surface area contributed by atoms with Crippen LogP contribution < -0.4 is 4.52 Å². The molecule has 0 fully saturated rings. The first kappa shape index (κ1) is 11.6. The van der Waals surface area contributed by atoms with E-state index in [-0.39, 0.29) is 0 Å². The normalized spacial score (nSPS) is 10.9. The molecule has 0 saturated heterocycles. The molecule has 2 rings (SSSR count).